The van der Waals surface area contributed by atoms with Gasteiger partial charge in [-0.05, 0) is 54.9 Å². The molecule has 4 nitrogen and oxygen atoms in total. The first kappa shape index (κ1) is 9.20. The van der Waals surface area contributed by atoms with Gasteiger partial charge in [-0.2, -0.15) is 0 Å². The van der Waals surface area contributed by atoms with Crippen molar-refractivity contribution in [2.75, 3.05) is 20.6 Å². The Bertz CT molecular complexity index is 1210. The van der Waals surface area contributed by atoms with E-state index in [2.05, 4.69) is 0 Å². The topological polar surface area (TPSA) is 49.8 Å². The summed E-state index contributed by atoms with van der Waals surface area (Å²) < 4.78 is 79.9. The number of nitrogens with zero attached hydrogens (tertiary/aromatic N) is 1. The largest absolute Gasteiger partial charge is 0.488 e. The number of carboxylic acid groups (broad SMARTS) is 1. The van der Waals surface area contributed by atoms with Crippen LogP contribution in [0, 0.1) is 0 Å². The summed E-state index contributed by atoms with van der Waals surface area (Å²) in [4.78, 5) is 13.4. The van der Waals surface area contributed by atoms with Gasteiger partial charge in [0.2, 0.25) is 0 Å². The highest BCUT2D eigenvalue weighted by atomic mass is 16.5. The minimum atomic E-state index is -2.94. The van der Waals surface area contributed by atoms with Gasteiger partial charge in [0.05, 0.1) is 16.0 Å². The van der Waals surface area contributed by atoms with E-state index in [1.807, 2.05) is 19.0 Å². The molecule has 0 saturated carbocycles. The fourth-order valence-corrected chi connectivity index (χ4v) is 2.45. The first-order chi connectivity index (χ1) is 15.6. The molecular weight excluding hydrogens is 314 g/mol. The van der Waals surface area contributed by atoms with E-state index in [0.29, 0.717) is 13.0 Å². The van der Waals surface area contributed by atoms with Crippen LogP contribution in [0.1, 0.15) is 41.0 Å². The van der Waals surface area contributed by atoms with E-state index in [1.165, 1.54) is 0 Å². The molecule has 0 amide bonds. The van der Waals surface area contributed by atoms with E-state index < -0.39 is 60.2 Å². The Balaban J connectivity index is 2.49. The number of carboxylic acids is 1. The van der Waals surface area contributed by atoms with Crippen molar-refractivity contribution in [1.29, 1.82) is 0 Å². The van der Waals surface area contributed by atoms with Gasteiger partial charge in [-0.3, -0.25) is 4.79 Å². The normalized spacial score (nSPS) is 22.4. The first-order valence-electron chi connectivity index (χ1n) is 12.2. The number of benzene rings is 2. The fourth-order valence-electron chi connectivity index (χ4n) is 2.45. The third-order valence-corrected chi connectivity index (χ3v) is 3.56. The second-order valence-corrected chi connectivity index (χ2v) is 5.71. The predicted octanol–water partition coefficient (Wildman–Crippen LogP) is 3.59. The van der Waals surface area contributed by atoms with Crippen molar-refractivity contribution in [3.05, 3.63) is 70.7 Å². The van der Waals surface area contributed by atoms with Crippen LogP contribution < -0.4 is 4.74 Å². The van der Waals surface area contributed by atoms with Crippen molar-refractivity contribution in [2.24, 2.45) is 0 Å². The number of carbonyl (C=O) groups is 1. The summed E-state index contributed by atoms with van der Waals surface area (Å²) in [5.41, 5.74) is -1.25. The van der Waals surface area contributed by atoms with E-state index in [9.17, 15) is 9.90 Å². The lowest BCUT2D eigenvalue weighted by Gasteiger charge is -2.13. The SMILES string of the molecule is [2H]c1c([2H])c([2H])c2c(c1[2H])/C(=C/CCN(C)C)c1c(ccc(C([2H])([2H])C(=O)O)c1[2H])OC2([2H])[2H]. The maximum atomic E-state index is 11.6. The molecule has 1 N–H and O–H groups in total. The van der Waals surface area contributed by atoms with Gasteiger partial charge in [0, 0.05) is 14.8 Å². The molecule has 0 aromatic heterocycles. The third kappa shape index (κ3) is 4.09. The molecule has 0 spiro atoms. The van der Waals surface area contributed by atoms with Crippen molar-refractivity contribution >= 4 is 11.5 Å². The molecule has 0 radical (unpaired) electrons. The smallest absolute Gasteiger partial charge is 0.307 e. The quantitative estimate of drug-likeness (QED) is 0.899. The number of fused-ring (bicyclic) bond motifs is 2. The Labute approximate surface area is 161 Å². The molecule has 2 aromatic rings. The van der Waals surface area contributed by atoms with Crippen LogP contribution in [0.5, 0.6) is 5.75 Å². The highest BCUT2D eigenvalue weighted by molar-refractivity contribution is 5.85. The maximum absolute atomic E-state index is 11.6. The third-order valence-electron chi connectivity index (χ3n) is 3.56. The van der Waals surface area contributed by atoms with Gasteiger partial charge in [0.1, 0.15) is 12.3 Å². The molecule has 130 valence electrons. The second-order valence-electron chi connectivity index (χ2n) is 5.71. The molecule has 0 unspecified atom stereocenters. The molecule has 25 heavy (non-hydrogen) atoms. The summed E-state index contributed by atoms with van der Waals surface area (Å²) in [6.45, 7) is -2.21. The molecular formula is C21H23NO3. The molecule has 2 aromatic carbocycles. The zero-order valence-electron chi connectivity index (χ0n) is 22.9. The lowest BCUT2D eigenvalue weighted by Crippen LogP contribution is -2.12. The van der Waals surface area contributed by atoms with E-state index in [4.69, 9.17) is 17.1 Å². The van der Waals surface area contributed by atoms with Crippen LogP contribution >= 0.6 is 0 Å². The summed E-state index contributed by atoms with van der Waals surface area (Å²) in [6, 6.07) is -0.818. The Morgan fingerprint density at radius 3 is 2.96 bits per heavy atom. The van der Waals surface area contributed by atoms with E-state index in [0.717, 1.165) is 12.1 Å². The standard InChI is InChI=1S/C21H23NO3/c1-22(2)11-5-8-18-17-7-4-3-6-16(17)14-25-20-10-9-15(12-19(18)20)13-21(23)24/h3-4,6-10,12H,5,11,13-14H2,1-2H3,(H,23,24)/b18-8-/i3D,4D,6D,7D,12D,13D2,14D2. The second kappa shape index (κ2) is 7.53. The summed E-state index contributed by atoms with van der Waals surface area (Å²) in [5, 5.41) is 9.37. The average molecular weight is 346 g/mol. The van der Waals surface area contributed by atoms with E-state index >= 15 is 0 Å². The van der Waals surface area contributed by atoms with Crippen LogP contribution in [-0.2, 0) is 17.7 Å². The van der Waals surface area contributed by atoms with Gasteiger partial charge in [-0.15, -0.1) is 0 Å². The molecule has 1 aliphatic rings. The van der Waals surface area contributed by atoms with E-state index in [1.54, 1.807) is 6.08 Å². The average Bonchev–Trinajstić information content (AvgIpc) is 2.82. The van der Waals surface area contributed by atoms with Crippen molar-refractivity contribution in [3.63, 3.8) is 0 Å². The summed E-state index contributed by atoms with van der Waals surface area (Å²) in [6.07, 6.45) is -1.03. The molecule has 0 aliphatic carbocycles. The summed E-state index contributed by atoms with van der Waals surface area (Å²) in [5.74, 6) is -2.02. The number of ether oxygens (including phenoxy) is 1. The minimum Gasteiger partial charge on any atom is -0.488 e. The Morgan fingerprint density at radius 2 is 2.20 bits per heavy atom. The molecule has 0 fully saturated rings. The van der Waals surface area contributed by atoms with Crippen molar-refractivity contribution < 1.29 is 27.0 Å². The molecule has 1 aliphatic heterocycles. The Morgan fingerprint density at radius 1 is 1.40 bits per heavy atom. The van der Waals surface area contributed by atoms with Crippen molar-refractivity contribution in [1.82, 2.24) is 4.90 Å². The zero-order valence-corrected chi connectivity index (χ0v) is 13.9. The lowest BCUT2D eigenvalue weighted by atomic mass is 9.92. The van der Waals surface area contributed by atoms with Gasteiger partial charge in [-0.25, -0.2) is 0 Å². The molecule has 4 heteroatoms. The first-order valence-corrected chi connectivity index (χ1v) is 7.65. The van der Waals surface area contributed by atoms with Gasteiger partial charge >= 0.3 is 5.97 Å². The van der Waals surface area contributed by atoms with Crippen LogP contribution in [0.15, 0.2) is 48.4 Å². The maximum Gasteiger partial charge on any atom is 0.307 e. The Kier molecular flexibility index (Phi) is 2.77. The number of aliphatic carboxylic acids is 1. The van der Waals surface area contributed by atoms with E-state index in [-0.39, 0.29) is 22.4 Å². The van der Waals surface area contributed by atoms with Crippen molar-refractivity contribution in [3.8, 4) is 5.75 Å². The van der Waals surface area contributed by atoms with Gasteiger partial charge < -0.3 is 14.7 Å². The summed E-state index contributed by atoms with van der Waals surface area (Å²) >= 11 is 0. The number of rotatable bonds is 5. The minimum absolute atomic E-state index is 0.0493. The lowest BCUT2D eigenvalue weighted by molar-refractivity contribution is -0.136. The van der Waals surface area contributed by atoms with Crippen molar-refractivity contribution in [2.45, 2.75) is 19.4 Å². The van der Waals surface area contributed by atoms with Crippen LogP contribution in [0.3, 0.4) is 0 Å². The highest BCUT2D eigenvalue weighted by Crippen LogP contribution is 2.37. The Hall–Kier alpha value is -2.59. The van der Waals surface area contributed by atoms with Gasteiger partial charge in [0.15, 0.2) is 0 Å². The van der Waals surface area contributed by atoms with Crippen LogP contribution in [-0.4, -0.2) is 36.6 Å². The number of hydrogen-bond donors (Lipinski definition) is 1. The van der Waals surface area contributed by atoms with Gasteiger partial charge in [-0.1, -0.05) is 36.3 Å². The zero-order chi connectivity index (χ0) is 25.7. The molecule has 0 bridgehead atoms. The van der Waals surface area contributed by atoms with Gasteiger partial charge in [0.25, 0.3) is 0 Å². The van der Waals surface area contributed by atoms with Crippen LogP contribution in [0.2, 0.25) is 0 Å². The predicted molar refractivity (Wildman–Crippen MR) is 98.8 cm³/mol. The molecule has 3 rings (SSSR count). The monoisotopic (exact) mass is 346 g/mol. The molecule has 1 heterocycles. The fraction of sp³-hybridized carbons (Fsp3) is 0.286. The van der Waals surface area contributed by atoms with Crippen LogP contribution in [0.25, 0.3) is 5.57 Å². The molecule has 0 saturated heterocycles. The van der Waals surface area contributed by atoms with Crippen LogP contribution in [0.4, 0.5) is 0 Å². The number of hydrogen-bond acceptors (Lipinski definition) is 3. The highest BCUT2D eigenvalue weighted by Gasteiger charge is 2.19. The molecule has 0 atom stereocenters. The summed E-state index contributed by atoms with van der Waals surface area (Å²) in [7, 11) is 3.63.